The quantitative estimate of drug-likeness (QED) is 0.817. The molecule has 0 fully saturated rings. The zero-order valence-electron chi connectivity index (χ0n) is 9.28. The van der Waals surface area contributed by atoms with Crippen molar-refractivity contribution < 1.29 is 19.8 Å². The maximum absolute atomic E-state index is 11.0. The highest BCUT2D eigenvalue weighted by molar-refractivity contribution is 5.90. The summed E-state index contributed by atoms with van der Waals surface area (Å²) < 4.78 is 0. The molecule has 0 aromatic heterocycles. The first-order valence-corrected chi connectivity index (χ1v) is 4.97. The van der Waals surface area contributed by atoms with Crippen LogP contribution in [0.2, 0.25) is 0 Å². The van der Waals surface area contributed by atoms with Crippen LogP contribution in [-0.2, 0) is 11.2 Å². The van der Waals surface area contributed by atoms with Gasteiger partial charge in [0.15, 0.2) is 0 Å². The Morgan fingerprint density at radius 1 is 1.19 bits per heavy atom. The van der Waals surface area contributed by atoms with Crippen LogP contribution in [0, 0.1) is 13.8 Å². The minimum atomic E-state index is -1.01. The van der Waals surface area contributed by atoms with Crippen LogP contribution >= 0.6 is 0 Å². The Kier molecular flexibility index (Phi) is 3.66. The van der Waals surface area contributed by atoms with Crippen LogP contribution < -0.4 is 0 Å². The third kappa shape index (κ3) is 2.82. The van der Waals surface area contributed by atoms with Gasteiger partial charge in [0.25, 0.3) is 0 Å². The molecular formula is C12H14O4. The molecule has 0 bridgehead atoms. The molecule has 1 aromatic rings. The number of carbonyl (C=O) groups is 2. The number of aliphatic carboxylic acids is 1. The number of aryl methyl sites for hydroxylation is 2. The van der Waals surface area contributed by atoms with E-state index in [-0.39, 0.29) is 18.4 Å². The molecule has 0 saturated heterocycles. The lowest BCUT2D eigenvalue weighted by molar-refractivity contribution is -0.136. The summed E-state index contributed by atoms with van der Waals surface area (Å²) in [5.74, 6) is -1.93. The van der Waals surface area contributed by atoms with Gasteiger partial charge in [0, 0.05) is 6.42 Å². The summed E-state index contributed by atoms with van der Waals surface area (Å²) in [5.41, 5.74) is 2.52. The highest BCUT2D eigenvalue weighted by Gasteiger charge is 2.14. The van der Waals surface area contributed by atoms with Crippen molar-refractivity contribution in [2.45, 2.75) is 26.7 Å². The summed E-state index contributed by atoms with van der Waals surface area (Å²) in [4.78, 5) is 21.5. The van der Waals surface area contributed by atoms with Gasteiger partial charge < -0.3 is 10.2 Å². The second-order valence-electron chi connectivity index (χ2n) is 3.81. The van der Waals surface area contributed by atoms with E-state index in [2.05, 4.69) is 0 Å². The monoisotopic (exact) mass is 222 g/mol. The first-order chi connectivity index (χ1) is 7.41. The van der Waals surface area contributed by atoms with E-state index in [9.17, 15) is 9.59 Å². The van der Waals surface area contributed by atoms with Crippen LogP contribution in [0.15, 0.2) is 12.1 Å². The van der Waals surface area contributed by atoms with Gasteiger partial charge in [0.1, 0.15) is 0 Å². The topological polar surface area (TPSA) is 74.6 Å². The lowest BCUT2D eigenvalue weighted by atomic mass is 9.95. The fourth-order valence-electron chi connectivity index (χ4n) is 1.75. The van der Waals surface area contributed by atoms with Gasteiger partial charge in [0.05, 0.1) is 5.56 Å². The van der Waals surface area contributed by atoms with Crippen LogP contribution in [0.1, 0.15) is 33.5 Å². The Morgan fingerprint density at radius 3 is 2.31 bits per heavy atom. The average Bonchev–Trinajstić information content (AvgIpc) is 2.14. The molecule has 0 atom stereocenters. The molecule has 1 rings (SSSR count). The number of rotatable bonds is 4. The van der Waals surface area contributed by atoms with Gasteiger partial charge in [-0.3, -0.25) is 4.79 Å². The van der Waals surface area contributed by atoms with Crippen molar-refractivity contribution in [3.63, 3.8) is 0 Å². The van der Waals surface area contributed by atoms with E-state index in [1.165, 1.54) is 0 Å². The fraction of sp³-hybridized carbons (Fsp3) is 0.333. The third-order valence-corrected chi connectivity index (χ3v) is 2.44. The Balaban J connectivity index is 3.14. The van der Waals surface area contributed by atoms with Gasteiger partial charge >= 0.3 is 11.9 Å². The predicted molar refractivity (Wildman–Crippen MR) is 58.8 cm³/mol. The zero-order chi connectivity index (χ0) is 12.3. The van der Waals surface area contributed by atoms with Gasteiger partial charge in [0.2, 0.25) is 0 Å². The molecule has 0 spiro atoms. The number of aromatic carboxylic acids is 1. The van der Waals surface area contributed by atoms with Gasteiger partial charge in [-0.15, -0.1) is 0 Å². The van der Waals surface area contributed by atoms with E-state index in [4.69, 9.17) is 10.2 Å². The van der Waals surface area contributed by atoms with Crippen molar-refractivity contribution in [2.75, 3.05) is 0 Å². The maximum Gasteiger partial charge on any atom is 0.335 e. The molecule has 0 amide bonds. The van der Waals surface area contributed by atoms with E-state index in [1.54, 1.807) is 13.0 Å². The summed E-state index contributed by atoms with van der Waals surface area (Å²) >= 11 is 0. The molecule has 4 nitrogen and oxygen atoms in total. The highest BCUT2D eigenvalue weighted by atomic mass is 16.4. The summed E-state index contributed by atoms with van der Waals surface area (Å²) in [7, 11) is 0. The highest BCUT2D eigenvalue weighted by Crippen LogP contribution is 2.19. The van der Waals surface area contributed by atoms with Crippen molar-refractivity contribution in [1.82, 2.24) is 0 Å². The Bertz CT molecular complexity index is 435. The molecule has 0 aliphatic heterocycles. The number of hydrogen-bond acceptors (Lipinski definition) is 2. The van der Waals surface area contributed by atoms with E-state index in [0.717, 1.165) is 11.1 Å². The Morgan fingerprint density at radius 2 is 1.81 bits per heavy atom. The number of carboxylic acids is 2. The minimum absolute atomic E-state index is 0.0514. The number of benzene rings is 1. The normalized spacial score (nSPS) is 10.1. The predicted octanol–water partition coefficient (Wildman–Crippen LogP) is 2.02. The second-order valence-corrected chi connectivity index (χ2v) is 3.81. The molecule has 1 aromatic carbocycles. The average molecular weight is 222 g/mol. The molecule has 16 heavy (non-hydrogen) atoms. The number of carboxylic acid groups (broad SMARTS) is 2. The summed E-state index contributed by atoms with van der Waals surface area (Å²) in [5, 5.41) is 17.6. The third-order valence-electron chi connectivity index (χ3n) is 2.44. The molecule has 0 unspecified atom stereocenters. The van der Waals surface area contributed by atoms with Gasteiger partial charge in [-0.1, -0.05) is 6.07 Å². The van der Waals surface area contributed by atoms with E-state index < -0.39 is 11.9 Å². The lowest BCUT2D eigenvalue weighted by Crippen LogP contribution is -2.07. The molecule has 0 aliphatic rings. The molecular weight excluding hydrogens is 208 g/mol. The van der Waals surface area contributed by atoms with E-state index in [0.29, 0.717) is 5.56 Å². The molecule has 0 radical (unpaired) electrons. The molecule has 2 N–H and O–H groups in total. The van der Waals surface area contributed by atoms with Crippen molar-refractivity contribution >= 4 is 11.9 Å². The summed E-state index contributed by atoms with van der Waals surface area (Å²) in [6, 6.07) is 3.44. The Hall–Kier alpha value is -1.84. The van der Waals surface area contributed by atoms with Crippen molar-refractivity contribution in [1.29, 1.82) is 0 Å². The lowest BCUT2D eigenvalue weighted by Gasteiger charge is -2.10. The van der Waals surface area contributed by atoms with Crippen LogP contribution in [0.25, 0.3) is 0 Å². The van der Waals surface area contributed by atoms with Crippen LogP contribution in [-0.4, -0.2) is 22.2 Å². The smallest absolute Gasteiger partial charge is 0.335 e. The first-order valence-electron chi connectivity index (χ1n) is 4.97. The minimum Gasteiger partial charge on any atom is -0.481 e. The van der Waals surface area contributed by atoms with E-state index in [1.807, 2.05) is 13.0 Å². The summed E-state index contributed by atoms with van der Waals surface area (Å²) in [6.07, 6.45) is 0.202. The van der Waals surface area contributed by atoms with E-state index >= 15 is 0 Å². The standard InChI is InChI=1S/C12H14O4/c1-7-5-8(2)9(3-4-11(13)14)10(6-7)12(15)16/h5-6H,3-4H2,1-2H3,(H,13,14)(H,15,16). The molecule has 0 aliphatic carbocycles. The second kappa shape index (κ2) is 4.79. The molecule has 86 valence electrons. The van der Waals surface area contributed by atoms with Crippen molar-refractivity contribution in [2.24, 2.45) is 0 Å². The van der Waals surface area contributed by atoms with Crippen LogP contribution in [0.4, 0.5) is 0 Å². The van der Waals surface area contributed by atoms with Crippen LogP contribution in [0.3, 0.4) is 0 Å². The van der Waals surface area contributed by atoms with Crippen molar-refractivity contribution in [3.05, 3.63) is 34.4 Å². The SMILES string of the molecule is Cc1cc(C)c(CCC(=O)O)c(C(=O)O)c1. The molecule has 0 heterocycles. The number of hydrogen-bond donors (Lipinski definition) is 2. The van der Waals surface area contributed by atoms with Gasteiger partial charge in [-0.25, -0.2) is 4.79 Å². The maximum atomic E-state index is 11.0. The van der Waals surface area contributed by atoms with Gasteiger partial charge in [-0.05, 0) is 43.0 Å². The first kappa shape index (κ1) is 12.2. The van der Waals surface area contributed by atoms with Crippen molar-refractivity contribution in [3.8, 4) is 0 Å². The van der Waals surface area contributed by atoms with Gasteiger partial charge in [-0.2, -0.15) is 0 Å². The summed E-state index contributed by atoms with van der Waals surface area (Å²) in [6.45, 7) is 3.62. The molecule has 0 saturated carbocycles. The zero-order valence-corrected chi connectivity index (χ0v) is 9.28. The fourth-order valence-corrected chi connectivity index (χ4v) is 1.75. The molecule has 4 heteroatoms. The largest absolute Gasteiger partial charge is 0.481 e. The Labute approximate surface area is 93.5 Å². The van der Waals surface area contributed by atoms with Crippen LogP contribution in [0.5, 0.6) is 0 Å².